The average Bonchev–Trinajstić information content (AvgIpc) is 3.46. The zero-order chi connectivity index (χ0) is 59.0. The van der Waals surface area contributed by atoms with Crippen LogP contribution in [0, 0.1) is 34.3 Å². The SMILES string of the molecule is CO.CO.CO.CO.Cc1ccc([O-])c(N=Cc2ccccc2[O-])c1.Cc1ccc([O-])c(N=Cc2ccccc2[O-])c1.Cc1ccc([O-])c(N=Cc2ccccc2[O-])c1.Cc1ccc([O-])c(N=Cc2ccccc2[O-])c1.[C-]#[O+].[Ni+2].[Ni+2].[Ni+2].[Ni+2]. The maximum absolute atomic E-state index is 11.5. The third-order valence-electron chi connectivity index (χ3n) is 9.50. The van der Waals surface area contributed by atoms with E-state index in [2.05, 4.69) is 26.6 Å². The summed E-state index contributed by atoms with van der Waals surface area (Å²) in [4.78, 5) is 16.2. The summed E-state index contributed by atoms with van der Waals surface area (Å²) in [5, 5.41) is 120. The number of para-hydroxylation sites is 4. The van der Waals surface area contributed by atoms with Gasteiger partial charge in [-0.25, -0.2) is 0 Å². The van der Waals surface area contributed by atoms with Crippen LogP contribution in [-0.2, 0) is 70.6 Å². The first kappa shape index (κ1) is 83.2. The van der Waals surface area contributed by atoms with Gasteiger partial charge in [0.25, 0.3) is 0 Å². The smallest absolute Gasteiger partial charge is 2.00 e. The molecule has 82 heavy (non-hydrogen) atoms. The van der Waals surface area contributed by atoms with Crippen LogP contribution in [0.25, 0.3) is 0 Å². The molecule has 0 bridgehead atoms. The van der Waals surface area contributed by atoms with Crippen LogP contribution in [0.4, 0.5) is 22.7 Å². The molecule has 8 aromatic rings. The molecule has 0 spiro atoms. The van der Waals surface area contributed by atoms with Crippen LogP contribution in [-0.4, -0.2) is 73.7 Å². The summed E-state index contributed by atoms with van der Waals surface area (Å²) in [6.45, 7) is 12.1. The summed E-state index contributed by atoms with van der Waals surface area (Å²) in [6, 6.07) is 46.0. The summed E-state index contributed by atoms with van der Waals surface area (Å²) < 4.78 is 7.50. The first-order chi connectivity index (χ1) is 37.7. The van der Waals surface area contributed by atoms with Crippen molar-refractivity contribution in [3.63, 3.8) is 0 Å². The second-order valence-electron chi connectivity index (χ2n) is 15.1. The Hall–Kier alpha value is -7.61. The minimum absolute atomic E-state index is 0. The Balaban J connectivity index is -0.000000300. The molecule has 0 radical (unpaired) electrons. The standard InChI is InChI=1S/4C14H13NO2.4CH4O.CO.4Ni/c4*1-10-6-7-14(17)12(8-10)15-9-11-4-2-3-5-13(11)16;5*1-2;;;;/h4*2-9,16-17H,1H3;4*2H,1H3;;;;;/q;;;;;;;;;4*+2/p-8. The zero-order valence-corrected chi connectivity index (χ0v) is 49.4. The number of aliphatic hydroxyl groups excluding tert-OH is 4. The third kappa shape index (κ3) is 31.4. The van der Waals surface area contributed by atoms with Crippen LogP contribution in [0.3, 0.4) is 0 Å². The second-order valence-corrected chi connectivity index (χ2v) is 15.1. The Morgan fingerprint density at radius 3 is 0.598 bits per heavy atom. The Morgan fingerprint density at radius 1 is 0.280 bits per heavy atom. The maximum Gasteiger partial charge on any atom is 2.00 e. The van der Waals surface area contributed by atoms with Gasteiger partial charge in [-0.2, -0.15) is 0 Å². The predicted molar refractivity (Wildman–Crippen MR) is 292 cm³/mol. The van der Waals surface area contributed by atoms with Gasteiger partial charge in [-0.3, -0.25) is 20.0 Å². The van der Waals surface area contributed by atoms with Gasteiger partial charge in [0.05, 0.1) is 22.7 Å². The number of hydrogen-bond acceptors (Lipinski definition) is 16. The van der Waals surface area contributed by atoms with Crippen molar-refractivity contribution in [2.45, 2.75) is 27.7 Å². The maximum atomic E-state index is 11.5. The fourth-order valence-electron chi connectivity index (χ4n) is 5.82. The molecule has 442 valence electrons. The first-order valence-corrected chi connectivity index (χ1v) is 23.0. The molecule has 8 rings (SSSR count). The van der Waals surface area contributed by atoms with Crippen molar-refractivity contribution in [3.05, 3.63) is 221 Å². The molecule has 0 fully saturated rings. The Bertz CT molecular complexity index is 2750. The van der Waals surface area contributed by atoms with E-state index in [1.54, 1.807) is 121 Å². The van der Waals surface area contributed by atoms with Gasteiger partial charge in [0.15, 0.2) is 0 Å². The van der Waals surface area contributed by atoms with Crippen molar-refractivity contribution < 1.29 is 132 Å². The molecule has 0 aliphatic carbocycles. The van der Waals surface area contributed by atoms with Gasteiger partial charge in [0, 0.05) is 53.3 Å². The molecule has 0 heterocycles. The van der Waals surface area contributed by atoms with E-state index in [9.17, 15) is 40.9 Å². The van der Waals surface area contributed by atoms with E-state index < -0.39 is 0 Å². The topological polar surface area (TPSA) is 335 Å². The number of rotatable bonds is 8. The average molecular weight is 1290 g/mol. The minimum atomic E-state index is -0.143. The molecule has 0 amide bonds. The van der Waals surface area contributed by atoms with E-state index >= 15 is 0 Å². The summed E-state index contributed by atoms with van der Waals surface area (Å²) in [7, 11) is 4.00. The van der Waals surface area contributed by atoms with E-state index in [-0.39, 0.29) is 112 Å². The van der Waals surface area contributed by atoms with E-state index in [1.807, 2.05) is 27.7 Å². The van der Waals surface area contributed by atoms with Crippen molar-refractivity contribution in [3.8, 4) is 46.0 Å². The van der Waals surface area contributed by atoms with Gasteiger partial charge in [-0.1, -0.05) is 169 Å². The molecule has 0 atom stereocenters. The summed E-state index contributed by atoms with van der Waals surface area (Å²) in [6.07, 6.45) is 5.72. The van der Waals surface area contributed by atoms with Crippen LogP contribution in [0.5, 0.6) is 46.0 Å². The molecule has 0 aromatic heterocycles. The van der Waals surface area contributed by atoms with Crippen molar-refractivity contribution in [2.75, 3.05) is 28.4 Å². The molecule has 0 unspecified atom stereocenters. The molecular weight excluding hydrogens is 1230 g/mol. The predicted octanol–water partition coefficient (Wildman–Crippen LogP) is 5.96. The Kier molecular flexibility index (Phi) is 50.0. The quantitative estimate of drug-likeness (QED) is 0.0593. The monoisotopic (exact) mass is 1290 g/mol. The van der Waals surface area contributed by atoms with Crippen molar-refractivity contribution in [2.24, 2.45) is 20.0 Å². The Labute approximate surface area is 519 Å². The molecule has 0 aliphatic heterocycles. The van der Waals surface area contributed by atoms with Crippen LogP contribution < -0.4 is 40.9 Å². The molecular formula is C61H60N4Ni4O13. The summed E-state index contributed by atoms with van der Waals surface area (Å²) >= 11 is 0. The van der Waals surface area contributed by atoms with Crippen LogP contribution >= 0.6 is 0 Å². The van der Waals surface area contributed by atoms with Crippen molar-refractivity contribution in [1.29, 1.82) is 0 Å². The van der Waals surface area contributed by atoms with Gasteiger partial charge in [-0.05, 0) is 96.5 Å². The first-order valence-electron chi connectivity index (χ1n) is 23.0. The van der Waals surface area contributed by atoms with Gasteiger partial charge in [0.1, 0.15) is 0 Å². The molecule has 8 aromatic carbocycles. The van der Waals surface area contributed by atoms with Gasteiger partial charge >= 0.3 is 77.3 Å². The normalized spacial score (nSPS) is 9.34. The van der Waals surface area contributed by atoms with E-state index in [4.69, 9.17) is 25.1 Å². The number of aryl methyl sites for hydroxylation is 4. The molecule has 0 aliphatic rings. The largest absolute Gasteiger partial charge is 2.00 e. The van der Waals surface area contributed by atoms with Crippen LogP contribution in [0.15, 0.2) is 190 Å². The Morgan fingerprint density at radius 2 is 0.439 bits per heavy atom. The van der Waals surface area contributed by atoms with Crippen molar-refractivity contribution in [1.82, 2.24) is 0 Å². The van der Waals surface area contributed by atoms with E-state index in [0.717, 1.165) is 50.7 Å². The molecule has 0 saturated carbocycles. The second kappa shape index (κ2) is 49.2. The van der Waals surface area contributed by atoms with Crippen LogP contribution in [0.2, 0.25) is 0 Å². The summed E-state index contributed by atoms with van der Waals surface area (Å²) in [5.41, 5.74) is 7.20. The molecule has 21 heteroatoms. The van der Waals surface area contributed by atoms with Gasteiger partial charge in [-0.15, -0.1) is 23.0 Å². The fourth-order valence-corrected chi connectivity index (χ4v) is 5.82. The molecule has 4 N–H and O–H groups in total. The van der Waals surface area contributed by atoms with Crippen molar-refractivity contribution >= 4 is 47.6 Å². The van der Waals surface area contributed by atoms with E-state index in [1.165, 1.54) is 73.4 Å². The summed E-state index contributed by atoms with van der Waals surface area (Å²) in [5.74, 6) is -0.976. The fraction of sp³-hybridized carbons (Fsp3) is 0.131. The number of benzene rings is 8. The minimum Gasteiger partial charge on any atom is 2.00 e. The zero-order valence-electron chi connectivity index (χ0n) is 45.5. The molecule has 17 nitrogen and oxygen atoms in total. The number of hydrogen-bond donors (Lipinski definition) is 4. The van der Waals surface area contributed by atoms with Crippen LogP contribution in [0.1, 0.15) is 44.5 Å². The number of aliphatic hydroxyl groups is 4. The third-order valence-corrected chi connectivity index (χ3v) is 9.50. The number of aliphatic imine (C=N–C) groups is 4. The molecule has 0 saturated heterocycles. The number of nitrogens with zero attached hydrogens (tertiary/aromatic N) is 4. The van der Waals surface area contributed by atoms with Gasteiger partial charge < -0.3 is 61.3 Å². The van der Waals surface area contributed by atoms with Gasteiger partial charge in [0.2, 0.25) is 0 Å². The van der Waals surface area contributed by atoms with E-state index in [0.29, 0.717) is 45.0 Å².